The fraction of sp³-hybridized carbons (Fsp3) is 0. The summed E-state index contributed by atoms with van der Waals surface area (Å²) in [5.41, 5.74) is 0. The van der Waals surface area contributed by atoms with Crippen LogP contribution in [0, 0.1) is 0 Å². The third kappa shape index (κ3) is 9.18. The van der Waals surface area contributed by atoms with Gasteiger partial charge in [-0.05, 0) is 0 Å². The van der Waals surface area contributed by atoms with Crippen LogP contribution in [0.25, 0.3) is 0 Å². The van der Waals surface area contributed by atoms with Gasteiger partial charge in [0.2, 0.25) is 0 Å². The van der Waals surface area contributed by atoms with Crippen molar-refractivity contribution in [3.8, 4) is 0 Å². The van der Waals surface area contributed by atoms with E-state index in [4.69, 9.17) is 19.8 Å². The third-order valence-electron chi connectivity index (χ3n) is 0.167. The van der Waals surface area contributed by atoms with Gasteiger partial charge in [-0.3, -0.25) is 0 Å². The number of carboxylic acid groups (broad SMARTS) is 2. The first kappa shape index (κ1) is 10.6. The zero-order valence-corrected chi connectivity index (χ0v) is 7.43. The molecule has 0 rings (SSSR count). The van der Waals surface area contributed by atoms with E-state index < -0.39 is 12.3 Å². The van der Waals surface area contributed by atoms with Gasteiger partial charge in [-0.25, -0.2) is 0 Å². The van der Waals surface area contributed by atoms with Gasteiger partial charge >= 0.3 is 27.3 Å². The van der Waals surface area contributed by atoms with E-state index >= 15 is 0 Å². The van der Waals surface area contributed by atoms with Gasteiger partial charge in [-0.1, -0.05) is 0 Å². The van der Waals surface area contributed by atoms with Gasteiger partial charge in [0.05, 0.1) is 0 Å². The Hall–Kier alpha value is -0.338. The van der Waals surface area contributed by atoms with Gasteiger partial charge in [-0.15, -0.1) is 0 Å². The molecular weight excluding hydrogens is 311 g/mol. The van der Waals surface area contributed by atoms with E-state index in [1.165, 1.54) is 0 Å². The molecule has 2 radical (unpaired) electrons. The molecule has 42 valence electrons. The summed E-state index contributed by atoms with van der Waals surface area (Å²) < 4.78 is 2.86. The largest absolute Gasteiger partial charge is 2.00 e. The molecule has 6 heteroatoms. The van der Waals surface area contributed by atoms with Crippen molar-refractivity contribution in [3.05, 3.63) is 0 Å². The van der Waals surface area contributed by atoms with Gasteiger partial charge in [0.15, 0.2) is 0 Å². The molecule has 0 bridgehead atoms. The molecule has 0 N–H and O–H groups in total. The number of hydrogen-bond donors (Lipinski definition) is 0. The Labute approximate surface area is 64.4 Å². The van der Waals surface area contributed by atoms with Crippen LogP contribution in [-0.4, -0.2) is 39.6 Å². The van der Waals surface area contributed by atoms with Crippen molar-refractivity contribution < 1.29 is 24.5 Å². The number of rotatable bonds is 0. The van der Waals surface area contributed by atoms with Gasteiger partial charge in [0, 0.05) is 0 Å². The third-order valence-corrected chi connectivity index (χ3v) is 0.167. The first-order chi connectivity index (χ1) is 3.13. The summed E-state index contributed by atoms with van der Waals surface area (Å²) in [5, 5.41) is 18.1. The molecule has 0 heterocycles. The maximum atomic E-state index is 9.06. The molecule has 0 saturated carbocycles. The molecule has 0 aliphatic heterocycles. The molecule has 0 aromatic heterocycles. The SMILES string of the molecule is O=C([O-])OC(=O)[O-].[Pb+2]. The number of carbonyl (C=O) groups is 2. The Morgan fingerprint density at radius 3 is 1.38 bits per heavy atom. The van der Waals surface area contributed by atoms with Crippen LogP contribution in [0.15, 0.2) is 0 Å². The minimum absolute atomic E-state index is 0. The topological polar surface area (TPSA) is 89.5 Å². The van der Waals surface area contributed by atoms with E-state index in [0.29, 0.717) is 0 Å². The molecule has 0 atom stereocenters. The summed E-state index contributed by atoms with van der Waals surface area (Å²) in [7, 11) is 0. The van der Waals surface area contributed by atoms with E-state index in [1.54, 1.807) is 0 Å². The Kier molecular flexibility index (Phi) is 6.38. The van der Waals surface area contributed by atoms with Crippen LogP contribution < -0.4 is 10.2 Å². The minimum atomic E-state index is -2.12. The van der Waals surface area contributed by atoms with Crippen LogP contribution in [0.2, 0.25) is 0 Å². The first-order valence-electron chi connectivity index (χ1n) is 1.22. The van der Waals surface area contributed by atoms with Crippen LogP contribution in [0.4, 0.5) is 9.59 Å². The minimum Gasteiger partial charge on any atom is -0.483 e. The summed E-state index contributed by atoms with van der Waals surface area (Å²) in [5.74, 6) is 0. The fourth-order valence-corrected chi connectivity index (χ4v) is 0.0680. The molecule has 0 saturated heterocycles. The van der Waals surface area contributed by atoms with Crippen molar-refractivity contribution in [1.29, 1.82) is 0 Å². The second kappa shape index (κ2) is 4.81. The molecule has 5 nitrogen and oxygen atoms in total. The van der Waals surface area contributed by atoms with E-state index in [9.17, 15) is 0 Å². The van der Waals surface area contributed by atoms with Crippen molar-refractivity contribution in [2.45, 2.75) is 0 Å². The summed E-state index contributed by atoms with van der Waals surface area (Å²) in [4.78, 5) is 18.1. The predicted molar refractivity (Wildman–Crippen MR) is 17.6 cm³/mol. The van der Waals surface area contributed by atoms with Crippen LogP contribution in [-0.2, 0) is 4.74 Å². The van der Waals surface area contributed by atoms with Crippen molar-refractivity contribution in [1.82, 2.24) is 0 Å². The van der Waals surface area contributed by atoms with E-state index in [-0.39, 0.29) is 27.3 Å². The van der Waals surface area contributed by atoms with Gasteiger partial charge < -0.3 is 24.5 Å². The summed E-state index contributed by atoms with van der Waals surface area (Å²) in [6, 6.07) is 0. The molecule has 0 aliphatic carbocycles. The maximum Gasteiger partial charge on any atom is 2.00 e. The van der Waals surface area contributed by atoms with Crippen molar-refractivity contribution in [3.63, 3.8) is 0 Å². The average molecular weight is 311 g/mol. The molecule has 0 aromatic carbocycles. The van der Waals surface area contributed by atoms with Crippen molar-refractivity contribution in [2.75, 3.05) is 0 Å². The quantitative estimate of drug-likeness (QED) is 0.276. The smallest absolute Gasteiger partial charge is 0.483 e. The fourth-order valence-electron chi connectivity index (χ4n) is 0.0680. The molecule has 0 aromatic rings. The van der Waals surface area contributed by atoms with Crippen LogP contribution in [0.5, 0.6) is 0 Å². The van der Waals surface area contributed by atoms with E-state index in [1.807, 2.05) is 0 Å². The Bertz CT molecular complexity index is 86.6. The standard InChI is InChI=1S/C2H2O5.Pb/c3-1(4)7-2(5)6;/h(H,3,4)(H,5,6);/q;+2/p-2. The molecule has 8 heavy (non-hydrogen) atoms. The Morgan fingerprint density at radius 2 is 1.38 bits per heavy atom. The first-order valence-corrected chi connectivity index (χ1v) is 1.22. The summed E-state index contributed by atoms with van der Waals surface area (Å²) in [6.45, 7) is 0. The normalized spacial score (nSPS) is 6.50. The molecule has 0 unspecified atom stereocenters. The number of hydrogen-bond acceptors (Lipinski definition) is 5. The monoisotopic (exact) mass is 312 g/mol. The molecular formula is C2O5Pb. The Morgan fingerprint density at radius 1 is 1.12 bits per heavy atom. The molecule has 0 aliphatic rings. The van der Waals surface area contributed by atoms with E-state index in [2.05, 4.69) is 4.74 Å². The summed E-state index contributed by atoms with van der Waals surface area (Å²) in [6.07, 6.45) is -4.25. The second-order valence-electron chi connectivity index (χ2n) is 0.602. The average Bonchev–Trinajstić information content (AvgIpc) is 1.27. The van der Waals surface area contributed by atoms with Crippen LogP contribution in [0.1, 0.15) is 0 Å². The zero-order chi connectivity index (χ0) is 5.86. The maximum absolute atomic E-state index is 9.06. The van der Waals surface area contributed by atoms with Gasteiger partial charge in [-0.2, -0.15) is 0 Å². The number of ether oxygens (including phenoxy) is 1. The van der Waals surface area contributed by atoms with Gasteiger partial charge in [0.25, 0.3) is 12.3 Å². The molecule has 0 fully saturated rings. The number of carbonyl (C=O) groups excluding carboxylic acids is 2. The van der Waals surface area contributed by atoms with Crippen molar-refractivity contribution >= 4 is 39.6 Å². The van der Waals surface area contributed by atoms with Crippen LogP contribution in [0.3, 0.4) is 0 Å². The zero-order valence-electron chi connectivity index (χ0n) is 3.54. The molecule has 0 spiro atoms. The van der Waals surface area contributed by atoms with Gasteiger partial charge in [0.1, 0.15) is 0 Å². The second-order valence-corrected chi connectivity index (χ2v) is 0.602. The van der Waals surface area contributed by atoms with E-state index in [0.717, 1.165) is 0 Å². The predicted octanol–water partition coefficient (Wildman–Crippen LogP) is -2.69. The summed E-state index contributed by atoms with van der Waals surface area (Å²) >= 11 is 0. The molecule has 0 amide bonds. The van der Waals surface area contributed by atoms with Crippen LogP contribution >= 0.6 is 0 Å². The Balaban J connectivity index is 0. The van der Waals surface area contributed by atoms with Crippen molar-refractivity contribution in [2.24, 2.45) is 0 Å².